The summed E-state index contributed by atoms with van der Waals surface area (Å²) in [5.41, 5.74) is 10.1. The van der Waals surface area contributed by atoms with Crippen LogP contribution in [-0.2, 0) is 4.79 Å². The monoisotopic (exact) mass is 459 g/mol. The number of hydrogen-bond donors (Lipinski definition) is 3. The number of nitrogens with one attached hydrogen (secondary N) is 2. The molecule has 9 heteroatoms. The molecule has 0 saturated carbocycles. The molecule has 33 heavy (non-hydrogen) atoms. The Hall–Kier alpha value is -3.56. The maximum Gasteiger partial charge on any atom is 0.262 e. The smallest absolute Gasteiger partial charge is 0.262 e. The summed E-state index contributed by atoms with van der Waals surface area (Å²) in [5, 5.41) is 6.83. The molecule has 2 aliphatic rings. The molecule has 4 N–H and O–H groups in total. The van der Waals surface area contributed by atoms with Crippen LogP contribution in [0.4, 0.5) is 28.7 Å². The number of carbonyl (C=O) groups is 1. The van der Waals surface area contributed by atoms with Crippen LogP contribution in [0, 0.1) is 0 Å². The Balaban J connectivity index is 1.30. The molecule has 1 aromatic heterocycles. The molecular weight excluding hydrogens is 434 g/mol. The molecule has 0 bridgehead atoms. The van der Waals surface area contributed by atoms with Gasteiger partial charge in [-0.1, -0.05) is 23.9 Å². The standard InChI is InChI=1S/C24H25N7OS/c1-30-10-12-31(13-11-30)19-8-6-18(7-9-19)27-24-26-15-20-23(29-24)33-21(22(32)28-20)14-16-2-4-17(25)5-3-16/h2-9,14-15H,10-13,25H2,1H3,(H,28,32)(H,26,27,29). The first kappa shape index (κ1) is 21.3. The van der Waals surface area contributed by atoms with Crippen LogP contribution >= 0.6 is 11.8 Å². The molecule has 2 aliphatic heterocycles. The van der Waals surface area contributed by atoms with Gasteiger partial charge in [0.1, 0.15) is 5.03 Å². The highest BCUT2D eigenvalue weighted by atomic mass is 32.2. The van der Waals surface area contributed by atoms with Crippen LogP contribution < -0.4 is 21.3 Å². The largest absolute Gasteiger partial charge is 0.399 e. The number of hydrogen-bond acceptors (Lipinski definition) is 8. The van der Waals surface area contributed by atoms with Crippen molar-refractivity contribution in [1.29, 1.82) is 0 Å². The van der Waals surface area contributed by atoms with Gasteiger partial charge in [-0.2, -0.15) is 0 Å². The van der Waals surface area contributed by atoms with Crippen LogP contribution in [0.15, 0.2) is 64.7 Å². The lowest BCUT2D eigenvalue weighted by atomic mass is 10.2. The quantitative estimate of drug-likeness (QED) is 0.309. The molecule has 168 valence electrons. The van der Waals surface area contributed by atoms with Crippen molar-refractivity contribution in [1.82, 2.24) is 14.9 Å². The zero-order chi connectivity index (χ0) is 22.8. The van der Waals surface area contributed by atoms with Crippen LogP contribution in [0.3, 0.4) is 0 Å². The zero-order valence-electron chi connectivity index (χ0n) is 18.3. The third-order valence-electron chi connectivity index (χ3n) is 5.66. The number of amides is 1. The van der Waals surface area contributed by atoms with Crippen molar-refractivity contribution in [3.63, 3.8) is 0 Å². The highest BCUT2D eigenvalue weighted by Crippen LogP contribution is 2.38. The van der Waals surface area contributed by atoms with Crippen molar-refractivity contribution >= 4 is 52.4 Å². The predicted octanol–water partition coefficient (Wildman–Crippen LogP) is 3.64. The summed E-state index contributed by atoms with van der Waals surface area (Å²) in [6.07, 6.45) is 3.46. The van der Waals surface area contributed by atoms with Crippen LogP contribution in [0.1, 0.15) is 5.56 Å². The van der Waals surface area contributed by atoms with Crippen LogP contribution in [0.2, 0.25) is 0 Å². The number of rotatable bonds is 4. The molecule has 0 aliphatic carbocycles. The number of likely N-dealkylation sites (N-methyl/N-ethyl adjacent to an activating group) is 1. The molecule has 0 radical (unpaired) electrons. The average Bonchev–Trinajstić information content (AvgIpc) is 2.82. The lowest BCUT2D eigenvalue weighted by Gasteiger charge is -2.34. The number of nitrogens with two attached hydrogens (primary N) is 1. The first-order valence-corrected chi connectivity index (χ1v) is 11.6. The Kier molecular flexibility index (Phi) is 5.89. The first-order valence-electron chi connectivity index (χ1n) is 10.8. The minimum absolute atomic E-state index is 0.173. The number of carbonyl (C=O) groups excluding carboxylic acids is 1. The number of aromatic nitrogens is 2. The van der Waals surface area contributed by atoms with Gasteiger partial charge in [0.2, 0.25) is 5.95 Å². The number of benzene rings is 2. The summed E-state index contributed by atoms with van der Waals surface area (Å²) in [6.45, 7) is 4.22. The van der Waals surface area contributed by atoms with E-state index in [1.807, 2.05) is 42.5 Å². The second-order valence-electron chi connectivity index (χ2n) is 8.11. The Morgan fingerprint density at radius 3 is 2.52 bits per heavy atom. The van der Waals surface area contributed by atoms with Gasteiger partial charge in [-0.15, -0.1) is 0 Å². The van der Waals surface area contributed by atoms with E-state index in [4.69, 9.17) is 5.73 Å². The molecule has 1 saturated heterocycles. The fourth-order valence-corrected chi connectivity index (χ4v) is 4.61. The molecule has 0 unspecified atom stereocenters. The molecule has 0 atom stereocenters. The van der Waals surface area contributed by atoms with Crippen molar-refractivity contribution in [3.8, 4) is 0 Å². The Bertz CT molecular complexity index is 1190. The SMILES string of the molecule is CN1CCN(c2ccc(Nc3ncc4c(n3)SC(=Cc3ccc(N)cc3)C(=O)N4)cc2)CC1. The van der Waals surface area contributed by atoms with Gasteiger partial charge in [-0.05, 0) is 55.1 Å². The fraction of sp³-hybridized carbons (Fsp3) is 0.208. The summed E-state index contributed by atoms with van der Waals surface area (Å²) >= 11 is 1.33. The maximum absolute atomic E-state index is 12.5. The first-order chi connectivity index (χ1) is 16.0. The average molecular weight is 460 g/mol. The second kappa shape index (κ2) is 9.13. The van der Waals surface area contributed by atoms with Gasteiger partial charge in [0.15, 0.2) is 0 Å². The van der Waals surface area contributed by atoms with Crippen molar-refractivity contribution in [3.05, 3.63) is 65.2 Å². The third-order valence-corrected chi connectivity index (χ3v) is 6.69. The van der Waals surface area contributed by atoms with Gasteiger partial charge in [0, 0.05) is 43.2 Å². The molecule has 0 spiro atoms. The summed E-state index contributed by atoms with van der Waals surface area (Å²) in [5.74, 6) is 0.310. The van der Waals surface area contributed by atoms with Gasteiger partial charge in [-0.25, -0.2) is 9.97 Å². The number of nitrogen functional groups attached to an aromatic ring is 1. The minimum atomic E-state index is -0.173. The van der Waals surface area contributed by atoms with E-state index in [1.165, 1.54) is 17.4 Å². The van der Waals surface area contributed by atoms with E-state index in [0.29, 0.717) is 27.3 Å². The molecule has 3 heterocycles. The van der Waals surface area contributed by atoms with E-state index in [1.54, 1.807) is 6.20 Å². The van der Waals surface area contributed by atoms with Crippen molar-refractivity contribution < 1.29 is 4.79 Å². The molecule has 8 nitrogen and oxygen atoms in total. The summed E-state index contributed by atoms with van der Waals surface area (Å²) in [7, 11) is 2.16. The van der Waals surface area contributed by atoms with Crippen LogP contribution in [0.25, 0.3) is 6.08 Å². The predicted molar refractivity (Wildman–Crippen MR) is 135 cm³/mol. The van der Waals surface area contributed by atoms with E-state index < -0.39 is 0 Å². The maximum atomic E-state index is 12.5. The lowest BCUT2D eigenvalue weighted by molar-refractivity contribution is -0.112. The van der Waals surface area contributed by atoms with E-state index in [-0.39, 0.29) is 5.91 Å². The van der Waals surface area contributed by atoms with E-state index in [2.05, 4.69) is 49.6 Å². The van der Waals surface area contributed by atoms with Crippen LogP contribution in [0.5, 0.6) is 0 Å². The molecular formula is C24H25N7OS. The van der Waals surface area contributed by atoms with E-state index >= 15 is 0 Å². The highest BCUT2D eigenvalue weighted by molar-refractivity contribution is 8.04. The Labute approximate surface area is 196 Å². The fourth-order valence-electron chi connectivity index (χ4n) is 3.71. The molecule has 5 rings (SSSR count). The van der Waals surface area contributed by atoms with Crippen molar-refractivity contribution in [2.75, 3.05) is 54.5 Å². The minimum Gasteiger partial charge on any atom is -0.399 e. The number of piperazine rings is 1. The normalized spacial score (nSPS) is 17.5. The second-order valence-corrected chi connectivity index (χ2v) is 9.14. The van der Waals surface area contributed by atoms with E-state index in [9.17, 15) is 4.79 Å². The van der Waals surface area contributed by atoms with Crippen molar-refractivity contribution in [2.24, 2.45) is 0 Å². The Morgan fingerprint density at radius 1 is 1.06 bits per heavy atom. The van der Waals surface area contributed by atoms with Crippen molar-refractivity contribution in [2.45, 2.75) is 5.03 Å². The summed E-state index contributed by atoms with van der Waals surface area (Å²) in [6, 6.07) is 15.7. The number of fused-ring (bicyclic) bond motifs is 1. The topological polar surface area (TPSA) is 99.4 Å². The van der Waals surface area contributed by atoms with Gasteiger partial charge in [0.05, 0.1) is 16.8 Å². The summed E-state index contributed by atoms with van der Waals surface area (Å²) in [4.78, 5) is 26.8. The Morgan fingerprint density at radius 2 is 1.79 bits per heavy atom. The third kappa shape index (κ3) is 4.94. The molecule has 1 fully saturated rings. The number of thioether (sulfide) groups is 1. The molecule has 1 amide bonds. The summed E-state index contributed by atoms with van der Waals surface area (Å²) < 4.78 is 0. The van der Waals surface area contributed by atoms with Gasteiger partial charge < -0.3 is 26.2 Å². The van der Waals surface area contributed by atoms with Crippen LogP contribution in [-0.4, -0.2) is 54.0 Å². The van der Waals surface area contributed by atoms with Gasteiger partial charge in [0.25, 0.3) is 5.91 Å². The van der Waals surface area contributed by atoms with Gasteiger partial charge >= 0.3 is 0 Å². The lowest BCUT2D eigenvalue weighted by Crippen LogP contribution is -2.44. The number of nitrogens with zero attached hydrogens (tertiary/aromatic N) is 4. The molecule has 2 aromatic carbocycles. The van der Waals surface area contributed by atoms with E-state index in [0.717, 1.165) is 37.4 Å². The number of anilines is 5. The zero-order valence-corrected chi connectivity index (χ0v) is 19.1. The van der Waals surface area contributed by atoms with Gasteiger partial charge in [-0.3, -0.25) is 4.79 Å². The molecule has 3 aromatic rings. The highest BCUT2D eigenvalue weighted by Gasteiger charge is 2.23.